The van der Waals surface area contributed by atoms with Crippen LogP contribution in [0.3, 0.4) is 0 Å². The van der Waals surface area contributed by atoms with Crippen molar-refractivity contribution in [3.05, 3.63) is 72.3 Å². The van der Waals surface area contributed by atoms with Crippen molar-refractivity contribution in [2.75, 3.05) is 18.4 Å². The van der Waals surface area contributed by atoms with E-state index in [9.17, 15) is 13.2 Å². The largest absolute Gasteiger partial charge is 0.322 e. The van der Waals surface area contributed by atoms with Crippen LogP contribution in [-0.4, -0.2) is 46.5 Å². The first-order chi connectivity index (χ1) is 14.5. The van der Waals surface area contributed by atoms with E-state index in [0.717, 1.165) is 24.8 Å². The highest BCUT2D eigenvalue weighted by atomic mass is 32.2. The van der Waals surface area contributed by atoms with Gasteiger partial charge in [0.2, 0.25) is 10.0 Å². The topological polar surface area (TPSA) is 97.2 Å². The molecule has 1 aromatic heterocycles. The predicted octanol–water partition coefficient (Wildman–Crippen LogP) is 2.75. The fourth-order valence-electron chi connectivity index (χ4n) is 3.45. The van der Waals surface area contributed by atoms with Crippen LogP contribution >= 0.6 is 0 Å². The second-order valence-electron chi connectivity index (χ2n) is 7.24. The minimum atomic E-state index is -3.55. The third-order valence-corrected chi connectivity index (χ3v) is 6.97. The first-order valence-corrected chi connectivity index (χ1v) is 11.3. The van der Waals surface area contributed by atoms with Gasteiger partial charge < -0.3 is 5.32 Å². The molecular weight excluding hydrogens is 402 g/mol. The van der Waals surface area contributed by atoms with Gasteiger partial charge in [-0.15, -0.1) is 0 Å². The molecule has 2 heterocycles. The van der Waals surface area contributed by atoms with Crippen LogP contribution in [-0.2, 0) is 16.6 Å². The van der Waals surface area contributed by atoms with Crippen LogP contribution in [0.5, 0.6) is 0 Å². The number of hydrogen-bond acceptors (Lipinski definition) is 5. The van der Waals surface area contributed by atoms with Crippen molar-refractivity contribution in [3.63, 3.8) is 0 Å². The number of nitrogens with one attached hydrogen (secondary N) is 1. The molecule has 1 aliphatic heterocycles. The number of amides is 1. The van der Waals surface area contributed by atoms with Crippen molar-refractivity contribution in [2.45, 2.75) is 30.7 Å². The highest BCUT2D eigenvalue weighted by Gasteiger charge is 2.26. The second kappa shape index (κ2) is 8.76. The number of benzene rings is 2. The van der Waals surface area contributed by atoms with Crippen molar-refractivity contribution in [2.24, 2.45) is 0 Å². The van der Waals surface area contributed by atoms with Crippen LogP contribution < -0.4 is 5.32 Å². The highest BCUT2D eigenvalue weighted by Crippen LogP contribution is 2.23. The van der Waals surface area contributed by atoms with E-state index in [-0.39, 0.29) is 10.8 Å². The van der Waals surface area contributed by atoms with E-state index in [4.69, 9.17) is 0 Å². The molecule has 1 aliphatic rings. The quantitative estimate of drug-likeness (QED) is 0.655. The Morgan fingerprint density at radius 1 is 1.03 bits per heavy atom. The molecule has 1 amide bonds. The van der Waals surface area contributed by atoms with Gasteiger partial charge in [0.05, 0.1) is 11.4 Å². The summed E-state index contributed by atoms with van der Waals surface area (Å²) in [5.74, 6) is -0.296. The van der Waals surface area contributed by atoms with Crippen molar-refractivity contribution in [3.8, 4) is 0 Å². The molecule has 3 aromatic rings. The minimum Gasteiger partial charge on any atom is -0.322 e. The Balaban J connectivity index is 1.45. The van der Waals surface area contributed by atoms with Gasteiger partial charge in [0.15, 0.2) is 0 Å². The molecular formula is C21H23N5O3S. The van der Waals surface area contributed by atoms with Gasteiger partial charge in [0.25, 0.3) is 5.91 Å². The number of hydrogen-bond donors (Lipinski definition) is 1. The van der Waals surface area contributed by atoms with Crippen molar-refractivity contribution in [1.29, 1.82) is 0 Å². The fraction of sp³-hybridized carbons (Fsp3) is 0.286. The summed E-state index contributed by atoms with van der Waals surface area (Å²) in [5, 5.41) is 6.85. The van der Waals surface area contributed by atoms with E-state index in [2.05, 4.69) is 15.4 Å². The molecule has 0 bridgehead atoms. The van der Waals surface area contributed by atoms with Gasteiger partial charge >= 0.3 is 0 Å². The Labute approximate surface area is 175 Å². The third-order valence-electron chi connectivity index (χ3n) is 5.07. The number of aromatic nitrogens is 3. The summed E-state index contributed by atoms with van der Waals surface area (Å²) in [6.07, 6.45) is 5.91. The Hall–Kier alpha value is -3.04. The molecule has 0 saturated carbocycles. The van der Waals surface area contributed by atoms with E-state index in [0.29, 0.717) is 30.9 Å². The normalized spacial score (nSPS) is 15.1. The summed E-state index contributed by atoms with van der Waals surface area (Å²) < 4.78 is 28.9. The molecule has 0 atom stereocenters. The van der Waals surface area contributed by atoms with Crippen LogP contribution in [0.15, 0.2) is 66.1 Å². The van der Waals surface area contributed by atoms with Crippen LogP contribution in [0.1, 0.15) is 35.2 Å². The van der Waals surface area contributed by atoms with E-state index >= 15 is 0 Å². The lowest BCUT2D eigenvalue weighted by atomic mass is 10.1. The van der Waals surface area contributed by atoms with Crippen molar-refractivity contribution in [1.82, 2.24) is 19.1 Å². The summed E-state index contributed by atoms with van der Waals surface area (Å²) >= 11 is 0. The average molecular weight is 426 g/mol. The molecule has 9 heteroatoms. The van der Waals surface area contributed by atoms with Crippen LogP contribution in [0.25, 0.3) is 0 Å². The molecule has 1 fully saturated rings. The summed E-state index contributed by atoms with van der Waals surface area (Å²) in [6, 6.07) is 13.6. The first kappa shape index (κ1) is 20.2. The zero-order chi connectivity index (χ0) is 21.0. The Morgan fingerprint density at radius 3 is 2.50 bits per heavy atom. The number of carbonyl (C=O) groups excluding carboxylic acids is 1. The highest BCUT2D eigenvalue weighted by molar-refractivity contribution is 7.89. The minimum absolute atomic E-state index is 0.199. The molecule has 0 spiro atoms. The molecule has 0 aliphatic carbocycles. The van der Waals surface area contributed by atoms with Gasteiger partial charge in [-0.1, -0.05) is 24.6 Å². The number of carbonyl (C=O) groups is 1. The predicted molar refractivity (Wildman–Crippen MR) is 113 cm³/mol. The van der Waals surface area contributed by atoms with E-state index in [1.54, 1.807) is 41.3 Å². The third kappa shape index (κ3) is 4.58. The maximum atomic E-state index is 12.9. The molecule has 0 unspecified atom stereocenters. The monoisotopic (exact) mass is 425 g/mol. The first-order valence-electron chi connectivity index (χ1n) is 9.85. The Kier molecular flexibility index (Phi) is 5.91. The summed E-state index contributed by atoms with van der Waals surface area (Å²) in [6.45, 7) is 1.65. The average Bonchev–Trinajstić information content (AvgIpc) is 3.28. The van der Waals surface area contributed by atoms with Gasteiger partial charge in [-0.25, -0.2) is 18.1 Å². The number of rotatable bonds is 6. The summed E-state index contributed by atoms with van der Waals surface area (Å²) in [7, 11) is -3.55. The molecule has 1 saturated heterocycles. The number of sulfonamides is 1. The lowest BCUT2D eigenvalue weighted by Gasteiger charge is -2.26. The maximum absolute atomic E-state index is 12.9. The SMILES string of the molecule is O=C(Nc1cccc(S(=O)(=O)N2CCCCC2)c1)c1ccc(Cn2cncn2)cc1. The zero-order valence-corrected chi connectivity index (χ0v) is 17.3. The van der Waals surface area contributed by atoms with Gasteiger partial charge in [-0.05, 0) is 48.7 Å². The molecule has 4 rings (SSSR count). The van der Waals surface area contributed by atoms with Gasteiger partial charge in [-0.3, -0.25) is 4.79 Å². The molecule has 156 valence electrons. The molecule has 8 nitrogen and oxygen atoms in total. The summed E-state index contributed by atoms with van der Waals surface area (Å²) in [4.78, 5) is 16.7. The van der Waals surface area contributed by atoms with Crippen molar-refractivity contribution >= 4 is 21.6 Å². The van der Waals surface area contributed by atoms with Gasteiger partial charge in [0.1, 0.15) is 12.7 Å². The lowest BCUT2D eigenvalue weighted by Crippen LogP contribution is -2.35. The zero-order valence-electron chi connectivity index (χ0n) is 16.4. The number of piperidine rings is 1. The lowest BCUT2D eigenvalue weighted by molar-refractivity contribution is 0.102. The standard InChI is InChI=1S/C21H23N5O3S/c27-21(18-9-7-17(8-10-18)14-25-16-22-15-23-25)24-19-5-4-6-20(13-19)30(28,29)26-11-2-1-3-12-26/h4-10,13,15-16H,1-3,11-12,14H2,(H,24,27). The van der Waals surface area contributed by atoms with E-state index in [1.807, 2.05) is 12.1 Å². The van der Waals surface area contributed by atoms with Crippen LogP contribution in [0, 0.1) is 0 Å². The van der Waals surface area contributed by atoms with Crippen LogP contribution in [0.4, 0.5) is 5.69 Å². The van der Waals surface area contributed by atoms with Crippen molar-refractivity contribution < 1.29 is 13.2 Å². The second-order valence-corrected chi connectivity index (χ2v) is 9.17. The van der Waals surface area contributed by atoms with Gasteiger partial charge in [0, 0.05) is 24.3 Å². The van der Waals surface area contributed by atoms with Gasteiger partial charge in [-0.2, -0.15) is 9.40 Å². The smallest absolute Gasteiger partial charge is 0.255 e. The number of anilines is 1. The maximum Gasteiger partial charge on any atom is 0.255 e. The number of nitrogens with zero attached hydrogens (tertiary/aromatic N) is 4. The molecule has 2 aromatic carbocycles. The molecule has 1 N–H and O–H groups in total. The Morgan fingerprint density at radius 2 is 1.80 bits per heavy atom. The summed E-state index contributed by atoms with van der Waals surface area (Å²) in [5.41, 5.74) is 1.93. The van der Waals surface area contributed by atoms with E-state index < -0.39 is 10.0 Å². The van der Waals surface area contributed by atoms with Crippen LogP contribution in [0.2, 0.25) is 0 Å². The fourth-order valence-corrected chi connectivity index (χ4v) is 5.02. The Bertz CT molecular complexity index is 1110. The molecule has 30 heavy (non-hydrogen) atoms. The van der Waals surface area contributed by atoms with E-state index in [1.165, 1.54) is 16.7 Å². The molecule has 0 radical (unpaired) electrons.